The van der Waals surface area contributed by atoms with E-state index in [0.717, 1.165) is 25.2 Å². The molecule has 3 aromatic rings. The van der Waals surface area contributed by atoms with Crippen LogP contribution in [0, 0.1) is 5.41 Å². The summed E-state index contributed by atoms with van der Waals surface area (Å²) in [7, 11) is 0. The normalized spacial score (nSPS) is 15.7. The lowest BCUT2D eigenvalue weighted by molar-refractivity contribution is 0.266. The molecule has 4 rings (SSSR count). The molecule has 0 spiro atoms. The van der Waals surface area contributed by atoms with E-state index in [1.165, 1.54) is 12.4 Å². The number of nitrogens with zero attached hydrogens (tertiary/aromatic N) is 3. The number of aliphatic hydroxyl groups is 1. The molecule has 1 atom stereocenters. The van der Waals surface area contributed by atoms with Gasteiger partial charge in [-0.15, -0.1) is 0 Å². The smallest absolute Gasteiger partial charge is 0.128 e. The lowest BCUT2D eigenvalue weighted by atomic mass is 10.0. The fourth-order valence-electron chi connectivity index (χ4n) is 3.76. The summed E-state index contributed by atoms with van der Waals surface area (Å²) in [4.78, 5) is 10.6. The molecule has 9 heteroatoms. The Hall–Kier alpha value is -2.87. The number of hydrogen-bond acceptors (Lipinski definition) is 7. The van der Waals surface area contributed by atoms with Crippen LogP contribution in [-0.4, -0.2) is 40.0 Å². The number of ether oxygens (including phenoxy) is 1. The third-order valence-electron chi connectivity index (χ3n) is 5.55. The molecule has 0 bridgehead atoms. The van der Waals surface area contributed by atoms with Crippen molar-refractivity contribution >= 4 is 40.4 Å². The van der Waals surface area contributed by atoms with Gasteiger partial charge in [-0.05, 0) is 43.2 Å². The Balaban J connectivity index is 1.51. The molecular weight excluding hydrogens is 449 g/mol. The van der Waals surface area contributed by atoms with Crippen LogP contribution in [0.15, 0.2) is 48.9 Å². The van der Waals surface area contributed by atoms with Crippen LogP contribution in [0.4, 0.5) is 11.5 Å². The van der Waals surface area contributed by atoms with Gasteiger partial charge in [-0.3, -0.25) is 10.4 Å². The Labute approximate surface area is 196 Å². The van der Waals surface area contributed by atoms with E-state index < -0.39 is 0 Å². The first kappa shape index (κ1) is 22.3. The van der Waals surface area contributed by atoms with Crippen molar-refractivity contribution in [2.24, 2.45) is 0 Å². The van der Waals surface area contributed by atoms with E-state index in [4.69, 9.17) is 39.1 Å². The average Bonchev–Trinajstić information content (AvgIpc) is 3.28. The number of anilines is 2. The maximum absolute atomic E-state index is 9.55. The van der Waals surface area contributed by atoms with Gasteiger partial charge in [0.15, 0.2) is 0 Å². The number of nitrogen functional groups attached to an aromatic ring is 1. The molecule has 32 heavy (non-hydrogen) atoms. The number of nitrogens with two attached hydrogens (primary N) is 1. The molecule has 1 fully saturated rings. The van der Waals surface area contributed by atoms with Crippen molar-refractivity contribution in [1.29, 1.82) is 5.41 Å². The molecule has 7 nitrogen and oxygen atoms in total. The van der Waals surface area contributed by atoms with E-state index in [1.807, 2.05) is 12.1 Å². The zero-order valence-electron chi connectivity index (χ0n) is 17.3. The van der Waals surface area contributed by atoms with Crippen LogP contribution >= 0.6 is 23.2 Å². The molecular formula is C23H23Cl2N5O2. The summed E-state index contributed by atoms with van der Waals surface area (Å²) in [6.45, 7) is 1.14. The highest BCUT2D eigenvalue weighted by atomic mass is 35.5. The fourth-order valence-corrected chi connectivity index (χ4v) is 4.23. The summed E-state index contributed by atoms with van der Waals surface area (Å²) in [5.74, 6) is 1.34. The predicted octanol–water partition coefficient (Wildman–Crippen LogP) is 4.32. The number of rotatable bonds is 7. The van der Waals surface area contributed by atoms with E-state index in [0.29, 0.717) is 38.2 Å². The summed E-state index contributed by atoms with van der Waals surface area (Å²) < 4.78 is 5.85. The van der Waals surface area contributed by atoms with E-state index in [2.05, 4.69) is 14.9 Å². The van der Waals surface area contributed by atoms with Crippen LogP contribution < -0.4 is 15.4 Å². The Bertz CT molecular complexity index is 1100. The molecule has 0 aliphatic carbocycles. The molecule has 1 aromatic carbocycles. The molecule has 4 N–H and O–H groups in total. The van der Waals surface area contributed by atoms with E-state index in [1.54, 1.807) is 24.4 Å². The van der Waals surface area contributed by atoms with Gasteiger partial charge in [0.1, 0.15) is 18.2 Å². The van der Waals surface area contributed by atoms with Crippen molar-refractivity contribution in [2.45, 2.75) is 25.5 Å². The molecule has 0 saturated carbocycles. The van der Waals surface area contributed by atoms with Crippen molar-refractivity contribution in [3.63, 3.8) is 0 Å². The van der Waals surface area contributed by atoms with Crippen molar-refractivity contribution in [3.05, 3.63) is 75.7 Å². The van der Waals surface area contributed by atoms with Gasteiger partial charge in [0, 0.05) is 47.5 Å². The minimum absolute atomic E-state index is 0.0969. The maximum atomic E-state index is 9.55. The van der Waals surface area contributed by atoms with Crippen LogP contribution in [-0.2, 0) is 6.61 Å². The molecule has 1 aliphatic rings. The predicted molar refractivity (Wildman–Crippen MR) is 127 cm³/mol. The van der Waals surface area contributed by atoms with Gasteiger partial charge >= 0.3 is 0 Å². The van der Waals surface area contributed by atoms with E-state index in [9.17, 15) is 5.11 Å². The van der Waals surface area contributed by atoms with Gasteiger partial charge in [0.25, 0.3) is 0 Å². The first-order valence-electron chi connectivity index (χ1n) is 10.2. The van der Waals surface area contributed by atoms with Crippen molar-refractivity contribution in [1.82, 2.24) is 9.97 Å². The van der Waals surface area contributed by atoms with Gasteiger partial charge in [-0.1, -0.05) is 23.2 Å². The van der Waals surface area contributed by atoms with Crippen molar-refractivity contribution in [2.75, 3.05) is 23.8 Å². The Kier molecular flexibility index (Phi) is 6.79. The van der Waals surface area contributed by atoms with Crippen LogP contribution in [0.25, 0.3) is 0 Å². The maximum Gasteiger partial charge on any atom is 0.128 e. The zero-order chi connectivity index (χ0) is 22.7. The second kappa shape index (κ2) is 9.73. The van der Waals surface area contributed by atoms with Gasteiger partial charge < -0.3 is 20.5 Å². The molecule has 1 aliphatic heterocycles. The minimum Gasteiger partial charge on any atom is -0.489 e. The lowest BCUT2D eigenvalue weighted by Crippen LogP contribution is -2.32. The largest absolute Gasteiger partial charge is 0.489 e. The third-order valence-corrected chi connectivity index (χ3v) is 6.20. The van der Waals surface area contributed by atoms with Crippen molar-refractivity contribution < 1.29 is 9.84 Å². The van der Waals surface area contributed by atoms with Gasteiger partial charge in [-0.2, -0.15) is 0 Å². The number of pyridine rings is 2. The average molecular weight is 472 g/mol. The minimum atomic E-state index is 0.0969. The highest BCUT2D eigenvalue weighted by molar-refractivity contribution is 6.35. The second-order valence-electron chi connectivity index (χ2n) is 7.57. The fraction of sp³-hybridized carbons (Fsp3) is 0.261. The third kappa shape index (κ3) is 4.65. The van der Waals surface area contributed by atoms with Crippen LogP contribution in [0.5, 0.6) is 5.75 Å². The van der Waals surface area contributed by atoms with Crippen LogP contribution in [0.2, 0.25) is 10.0 Å². The van der Waals surface area contributed by atoms with Crippen LogP contribution in [0.1, 0.15) is 29.5 Å². The van der Waals surface area contributed by atoms with Crippen molar-refractivity contribution in [3.8, 4) is 5.75 Å². The molecule has 0 amide bonds. The second-order valence-corrected chi connectivity index (χ2v) is 8.39. The lowest BCUT2D eigenvalue weighted by Gasteiger charge is -2.24. The summed E-state index contributed by atoms with van der Waals surface area (Å²) >= 11 is 12.3. The molecule has 1 unspecified atom stereocenters. The summed E-state index contributed by atoms with van der Waals surface area (Å²) in [5, 5.41) is 19.0. The highest BCUT2D eigenvalue weighted by Crippen LogP contribution is 2.28. The van der Waals surface area contributed by atoms with Gasteiger partial charge in [0.05, 0.1) is 28.4 Å². The Morgan fingerprint density at radius 2 is 1.97 bits per heavy atom. The Morgan fingerprint density at radius 1 is 1.19 bits per heavy atom. The van der Waals surface area contributed by atoms with Gasteiger partial charge in [0.2, 0.25) is 0 Å². The SMILES string of the molecule is N=C(c1ccc(N2CCCC2CO)nc1)c1cc(OCc2c(Cl)cncc2Cl)ccc1N. The summed E-state index contributed by atoms with van der Waals surface area (Å²) in [5.41, 5.74) is 8.67. The van der Waals surface area contributed by atoms with E-state index in [-0.39, 0.29) is 25.0 Å². The first-order valence-corrected chi connectivity index (χ1v) is 11.0. The van der Waals surface area contributed by atoms with E-state index >= 15 is 0 Å². The van der Waals surface area contributed by atoms with Crippen LogP contribution in [0.3, 0.4) is 0 Å². The molecule has 166 valence electrons. The molecule has 1 saturated heterocycles. The number of hydrogen-bond donors (Lipinski definition) is 3. The number of nitrogens with one attached hydrogen (secondary N) is 1. The molecule has 3 heterocycles. The van der Waals surface area contributed by atoms with Gasteiger partial charge in [-0.25, -0.2) is 4.98 Å². The number of halogens is 2. The standard InChI is InChI=1S/C23H23Cl2N5O2/c24-19-10-28-11-20(25)18(19)13-32-16-4-5-21(26)17(8-16)23(27)14-3-6-22(29-9-14)30-7-1-2-15(30)12-31/h3-6,8-11,15,27,31H,1-2,7,12-13,26H2. The first-order chi connectivity index (χ1) is 15.5. The molecule has 0 radical (unpaired) electrons. The highest BCUT2D eigenvalue weighted by Gasteiger charge is 2.25. The zero-order valence-corrected chi connectivity index (χ0v) is 18.8. The topological polar surface area (TPSA) is 108 Å². The Morgan fingerprint density at radius 3 is 2.66 bits per heavy atom. The summed E-state index contributed by atoms with van der Waals surface area (Å²) in [6.07, 6.45) is 6.67. The molecule has 2 aromatic heterocycles. The summed E-state index contributed by atoms with van der Waals surface area (Å²) in [6, 6.07) is 8.98. The quantitative estimate of drug-likeness (QED) is 0.349. The number of aliphatic hydroxyl groups excluding tert-OH is 1. The monoisotopic (exact) mass is 471 g/mol. The number of aromatic nitrogens is 2. The number of benzene rings is 1.